The van der Waals surface area contributed by atoms with Gasteiger partial charge in [0.1, 0.15) is 5.75 Å². The number of carbonyl (C=O) groups excluding carboxylic acids is 1. The van der Waals surface area contributed by atoms with Crippen molar-refractivity contribution in [3.05, 3.63) is 23.8 Å². The molecule has 1 aliphatic rings. The van der Waals surface area contributed by atoms with Gasteiger partial charge in [0.15, 0.2) is 6.61 Å². The van der Waals surface area contributed by atoms with E-state index in [0.29, 0.717) is 24.5 Å². The molecule has 1 saturated carbocycles. The summed E-state index contributed by atoms with van der Waals surface area (Å²) in [6, 6.07) is 4.73. The van der Waals surface area contributed by atoms with Crippen LogP contribution in [0.4, 0.5) is 0 Å². The Morgan fingerprint density at radius 2 is 1.93 bits per heavy atom. The van der Waals surface area contributed by atoms with E-state index in [1.807, 2.05) is 13.8 Å². The van der Waals surface area contributed by atoms with Crippen LogP contribution in [0.25, 0.3) is 0 Å². The zero-order valence-electron chi connectivity index (χ0n) is 17.7. The normalized spacial score (nSPS) is 15.4. The van der Waals surface area contributed by atoms with Crippen molar-refractivity contribution in [3.8, 4) is 5.75 Å². The van der Waals surface area contributed by atoms with Crippen LogP contribution in [0.1, 0.15) is 57.9 Å². The van der Waals surface area contributed by atoms with E-state index in [9.17, 15) is 13.2 Å². The maximum atomic E-state index is 12.6. The minimum Gasteiger partial charge on any atom is -0.484 e. The zero-order chi connectivity index (χ0) is 21.3. The van der Waals surface area contributed by atoms with Gasteiger partial charge in [0.05, 0.1) is 11.0 Å². The van der Waals surface area contributed by atoms with Gasteiger partial charge in [0.2, 0.25) is 10.0 Å². The Morgan fingerprint density at radius 3 is 2.59 bits per heavy atom. The predicted octanol–water partition coefficient (Wildman–Crippen LogP) is 2.92. The second-order valence-corrected chi connectivity index (χ2v) is 9.51. The molecular weight excluding hydrogens is 392 g/mol. The fourth-order valence-electron chi connectivity index (χ4n) is 3.27. The minimum atomic E-state index is -3.55. The second kappa shape index (κ2) is 11.5. The van der Waals surface area contributed by atoms with E-state index in [1.165, 1.54) is 12.5 Å². The lowest BCUT2D eigenvalue weighted by atomic mass is 9.96. The molecule has 164 valence electrons. The molecule has 0 spiro atoms. The highest BCUT2D eigenvalue weighted by molar-refractivity contribution is 7.89. The molecule has 0 aromatic heterocycles. The summed E-state index contributed by atoms with van der Waals surface area (Å²) in [5.41, 5.74) is 0.676. The van der Waals surface area contributed by atoms with Gasteiger partial charge in [-0.25, -0.2) is 13.1 Å². The third-order valence-corrected chi connectivity index (χ3v) is 6.36. The van der Waals surface area contributed by atoms with Crippen molar-refractivity contribution in [2.24, 2.45) is 0 Å². The summed E-state index contributed by atoms with van der Waals surface area (Å²) in [6.07, 6.45) is 5.99. The Morgan fingerprint density at radius 1 is 1.21 bits per heavy atom. The van der Waals surface area contributed by atoms with Crippen molar-refractivity contribution in [2.45, 2.75) is 76.3 Å². The summed E-state index contributed by atoms with van der Waals surface area (Å²) in [7, 11) is -3.55. The lowest BCUT2D eigenvalue weighted by molar-refractivity contribution is -0.123. The first-order chi connectivity index (χ1) is 13.8. The van der Waals surface area contributed by atoms with Gasteiger partial charge in [-0.1, -0.05) is 19.3 Å². The second-order valence-electron chi connectivity index (χ2n) is 7.80. The van der Waals surface area contributed by atoms with E-state index in [1.54, 1.807) is 19.1 Å². The largest absolute Gasteiger partial charge is 0.484 e. The molecular formula is C21H34N2O5S. The van der Waals surface area contributed by atoms with Crippen LogP contribution in [0.15, 0.2) is 23.1 Å². The molecule has 2 rings (SSSR count). The lowest BCUT2D eigenvalue weighted by Crippen LogP contribution is -2.36. The quantitative estimate of drug-likeness (QED) is 0.531. The van der Waals surface area contributed by atoms with Crippen LogP contribution in [-0.2, 0) is 19.6 Å². The molecule has 29 heavy (non-hydrogen) atoms. The van der Waals surface area contributed by atoms with Gasteiger partial charge < -0.3 is 14.8 Å². The number of carbonyl (C=O) groups is 1. The lowest BCUT2D eigenvalue weighted by Gasteiger charge is -2.22. The molecule has 1 aromatic carbocycles. The van der Waals surface area contributed by atoms with E-state index in [0.717, 1.165) is 32.1 Å². The van der Waals surface area contributed by atoms with Gasteiger partial charge in [0, 0.05) is 19.2 Å². The average Bonchev–Trinajstić information content (AvgIpc) is 2.67. The molecule has 0 bridgehead atoms. The minimum absolute atomic E-state index is 0.0135. The fourth-order valence-corrected chi connectivity index (χ4v) is 4.66. The molecule has 0 heterocycles. The number of amides is 1. The van der Waals surface area contributed by atoms with Gasteiger partial charge in [0.25, 0.3) is 5.91 Å². The monoisotopic (exact) mass is 426 g/mol. The molecule has 0 saturated heterocycles. The highest BCUT2D eigenvalue weighted by Crippen LogP contribution is 2.24. The van der Waals surface area contributed by atoms with Crippen molar-refractivity contribution in [1.82, 2.24) is 10.0 Å². The SMILES string of the molecule is Cc1cc(S(=O)(=O)NC2CCCCC2)ccc1OCC(=O)NCCCOC(C)C. The molecule has 0 aliphatic heterocycles. The number of hydrogen-bond acceptors (Lipinski definition) is 5. The Hall–Kier alpha value is -1.64. The Kier molecular flexibility index (Phi) is 9.39. The maximum Gasteiger partial charge on any atom is 0.257 e. The first-order valence-corrected chi connectivity index (χ1v) is 11.9. The molecule has 7 nitrogen and oxygen atoms in total. The third-order valence-electron chi connectivity index (χ3n) is 4.84. The van der Waals surface area contributed by atoms with Crippen LogP contribution in [0.3, 0.4) is 0 Å². The first kappa shape index (κ1) is 23.6. The number of hydrogen-bond donors (Lipinski definition) is 2. The number of sulfonamides is 1. The first-order valence-electron chi connectivity index (χ1n) is 10.4. The van der Waals surface area contributed by atoms with Crippen LogP contribution >= 0.6 is 0 Å². The molecule has 2 N–H and O–H groups in total. The Labute approximate surface area is 174 Å². The highest BCUT2D eigenvalue weighted by atomic mass is 32.2. The summed E-state index contributed by atoms with van der Waals surface area (Å²) < 4.78 is 39.0. The van der Waals surface area contributed by atoms with Crippen LogP contribution in [0, 0.1) is 6.92 Å². The molecule has 1 fully saturated rings. The van der Waals surface area contributed by atoms with Gasteiger partial charge in [-0.15, -0.1) is 0 Å². The number of nitrogens with one attached hydrogen (secondary N) is 2. The molecule has 8 heteroatoms. The van der Waals surface area contributed by atoms with Crippen LogP contribution in [0.2, 0.25) is 0 Å². The molecule has 1 aromatic rings. The molecule has 1 amide bonds. The average molecular weight is 427 g/mol. The highest BCUT2D eigenvalue weighted by Gasteiger charge is 2.22. The van der Waals surface area contributed by atoms with Crippen LogP contribution in [-0.4, -0.2) is 46.2 Å². The van der Waals surface area contributed by atoms with Crippen LogP contribution in [0.5, 0.6) is 5.75 Å². The van der Waals surface area contributed by atoms with Crippen molar-refractivity contribution in [2.75, 3.05) is 19.8 Å². The predicted molar refractivity (Wildman–Crippen MR) is 113 cm³/mol. The Balaban J connectivity index is 1.81. The fraction of sp³-hybridized carbons (Fsp3) is 0.667. The number of rotatable bonds is 11. The van der Waals surface area contributed by atoms with Gasteiger partial charge in [-0.3, -0.25) is 4.79 Å². The van der Waals surface area contributed by atoms with Crippen molar-refractivity contribution in [1.29, 1.82) is 0 Å². The summed E-state index contributed by atoms with van der Waals surface area (Å²) in [5, 5.41) is 2.78. The number of aryl methyl sites for hydroxylation is 1. The van der Waals surface area contributed by atoms with E-state index in [-0.39, 0.29) is 29.6 Å². The number of benzene rings is 1. The maximum absolute atomic E-state index is 12.6. The Bertz CT molecular complexity index is 758. The smallest absolute Gasteiger partial charge is 0.257 e. The van der Waals surface area contributed by atoms with Crippen molar-refractivity contribution >= 4 is 15.9 Å². The molecule has 0 atom stereocenters. The van der Waals surface area contributed by atoms with Gasteiger partial charge in [-0.2, -0.15) is 0 Å². The van der Waals surface area contributed by atoms with E-state index in [2.05, 4.69) is 10.0 Å². The van der Waals surface area contributed by atoms with Crippen molar-refractivity contribution < 1.29 is 22.7 Å². The molecule has 0 unspecified atom stereocenters. The third kappa shape index (κ3) is 8.32. The van der Waals surface area contributed by atoms with E-state index < -0.39 is 10.0 Å². The van der Waals surface area contributed by atoms with E-state index in [4.69, 9.17) is 9.47 Å². The standard InChI is InChI=1S/C21H34N2O5S/c1-16(2)27-13-7-12-22-21(24)15-28-20-11-10-19(14-17(20)3)29(25,26)23-18-8-5-4-6-9-18/h10-11,14,16,18,23H,4-9,12-13,15H2,1-3H3,(H,22,24). The molecule has 0 radical (unpaired) electrons. The summed E-state index contributed by atoms with van der Waals surface area (Å²) in [5.74, 6) is 0.282. The zero-order valence-corrected chi connectivity index (χ0v) is 18.5. The van der Waals surface area contributed by atoms with Gasteiger partial charge >= 0.3 is 0 Å². The topological polar surface area (TPSA) is 93.7 Å². The summed E-state index contributed by atoms with van der Waals surface area (Å²) in [4.78, 5) is 12.1. The number of ether oxygens (including phenoxy) is 2. The molecule has 1 aliphatic carbocycles. The van der Waals surface area contributed by atoms with Crippen molar-refractivity contribution in [3.63, 3.8) is 0 Å². The summed E-state index contributed by atoms with van der Waals surface area (Å²) in [6.45, 7) is 6.73. The van der Waals surface area contributed by atoms with Crippen LogP contribution < -0.4 is 14.8 Å². The van der Waals surface area contributed by atoms with Gasteiger partial charge in [-0.05, 0) is 63.8 Å². The van der Waals surface area contributed by atoms with E-state index >= 15 is 0 Å². The summed E-state index contributed by atoms with van der Waals surface area (Å²) >= 11 is 0.